The van der Waals surface area contributed by atoms with E-state index in [-0.39, 0.29) is 113 Å². The number of likely N-dealkylation sites (tertiary alicyclic amines) is 1. The second-order valence-corrected chi connectivity index (χ2v) is 34.0. The van der Waals surface area contributed by atoms with E-state index in [1.165, 1.54) is 62.4 Å². The Morgan fingerprint density at radius 3 is 1.26 bits per heavy atom. The van der Waals surface area contributed by atoms with Gasteiger partial charge in [0.15, 0.2) is 5.96 Å². The number of carbonyl (C=O) groups is 17. The van der Waals surface area contributed by atoms with Crippen molar-refractivity contribution in [3.63, 3.8) is 0 Å². The van der Waals surface area contributed by atoms with E-state index in [0.29, 0.717) is 5.56 Å². The minimum atomic E-state index is -2.08. The number of primary amides is 1. The minimum absolute atomic E-state index is 0.00600. The van der Waals surface area contributed by atoms with Crippen molar-refractivity contribution >= 4 is 132 Å². The van der Waals surface area contributed by atoms with Crippen LogP contribution in [0.15, 0.2) is 48.5 Å². The summed E-state index contributed by atoms with van der Waals surface area (Å²) in [6.45, 7) is 9.21. The Kier molecular flexibility index (Phi) is 48.3. The second-order valence-electron chi connectivity index (χ2n) is 32.5. The summed E-state index contributed by atoms with van der Waals surface area (Å²) in [6, 6.07) is -15.6. The van der Waals surface area contributed by atoms with E-state index in [1.807, 2.05) is 0 Å². The van der Waals surface area contributed by atoms with Crippen LogP contribution in [-0.4, -0.2) is 318 Å². The number of aliphatic carboxylic acids is 1. The van der Waals surface area contributed by atoms with Gasteiger partial charge in [0.25, 0.3) is 0 Å². The molecule has 1 fully saturated rings. The van der Waals surface area contributed by atoms with Crippen LogP contribution in [0.3, 0.4) is 0 Å². The molecule has 0 aromatic heterocycles. The van der Waals surface area contributed by atoms with Gasteiger partial charge < -0.3 is 161 Å². The van der Waals surface area contributed by atoms with Crippen molar-refractivity contribution in [3.8, 4) is 11.5 Å². The summed E-state index contributed by atoms with van der Waals surface area (Å²) in [7, 11) is 0. The number of carboxylic acids is 1. The Bertz CT molecular complexity index is 4170. The number of aromatic hydroxyl groups is 2. The van der Waals surface area contributed by atoms with Gasteiger partial charge in [0.05, 0.1) is 37.4 Å². The number of carboxylic acid groups (broad SMARTS) is 1. The fourth-order valence-corrected chi connectivity index (χ4v) is 13.6. The van der Waals surface area contributed by atoms with Gasteiger partial charge in [0, 0.05) is 42.9 Å². The normalized spacial score (nSPS) is 17.3. The van der Waals surface area contributed by atoms with Crippen molar-refractivity contribution in [3.05, 3.63) is 59.7 Å². The molecule has 0 radical (unpaired) electrons. The number of nitrogens with zero attached hydrogens (tertiary/aromatic N) is 1. The molecular weight excluding hydrogens is 1750 g/mol. The standard InChI is InChI=1S/C80H132N24O24S2/c1-9-38(4)59(100-72(121)56-32-45(110)34-104(56)77(126)58(86)37(2)3)73(122)103-62(80(7,8)130)76(125)96-51(30-41-14-18-43(108)19-15-41)69(118)102-61(40(6)107)75(124)95-52(33-57(85)111)68(117)91-47(13-11-29-89-79(87)88)63(112)92-50(24-28-84)67(116)101-60(39(5)106)74(123)94-49(23-27-83)66(115)98-54(35-105)70(119)93-48(22-26-82)65(114)90-46(12-10-25-81)64(113)99-55(36-129)71(120)97-53(78(127)128)31-42-16-20-44(109)21-17-42/h14-21,37-40,45-56,58-62,105-110,129-130H,9-13,22-36,81-84,86H2,1-8H3,(H2,85,111)(H,90,114)(H,91,117)(H,92,112)(H,93,119)(H,94,123)(H,95,124)(H,96,125)(H,97,120)(H,98,115)(H,99,113)(H,100,121)(H,101,116)(H,102,118)(H,103,122)(H,127,128)(H4,87,88,89)/t38-,39+,40+,45+,46-,47-,48-,49+,50-,51-,52-,53-,54-,55-,56-,58-,59-,60-,61-,62+/m0/s1. The molecule has 0 unspecified atom stereocenters. The lowest BCUT2D eigenvalue weighted by Crippen LogP contribution is -2.64. The summed E-state index contributed by atoms with van der Waals surface area (Å²) in [6.07, 6.45) is -8.10. The number of benzene rings is 2. The molecule has 1 aliphatic heterocycles. The predicted octanol–water partition coefficient (Wildman–Crippen LogP) is -10.9. The maximum Gasteiger partial charge on any atom is 0.326 e. The molecule has 728 valence electrons. The first-order chi connectivity index (χ1) is 61.0. The van der Waals surface area contributed by atoms with Crippen LogP contribution in [0, 0.1) is 17.2 Å². The maximum atomic E-state index is 14.7. The number of rotatable bonds is 57. The van der Waals surface area contributed by atoms with Gasteiger partial charge in [0.1, 0.15) is 102 Å². The van der Waals surface area contributed by atoms with Crippen molar-refractivity contribution in [1.82, 2.24) is 84.7 Å². The summed E-state index contributed by atoms with van der Waals surface area (Å²) < 4.78 is -1.49. The number of nitrogens with two attached hydrogens (primary N) is 7. The minimum Gasteiger partial charge on any atom is -0.508 e. The van der Waals surface area contributed by atoms with Gasteiger partial charge >= 0.3 is 5.97 Å². The molecular formula is C80H132N24O24S2. The van der Waals surface area contributed by atoms with E-state index in [0.717, 1.165) is 18.7 Å². The molecule has 37 N–H and O–H groups in total. The second kappa shape index (κ2) is 55.6. The molecule has 3 rings (SSSR count). The van der Waals surface area contributed by atoms with E-state index in [9.17, 15) is 117 Å². The highest BCUT2D eigenvalue weighted by atomic mass is 32.1. The molecule has 130 heavy (non-hydrogen) atoms. The van der Waals surface area contributed by atoms with E-state index < -0.39 is 271 Å². The van der Waals surface area contributed by atoms with Gasteiger partial charge in [0.2, 0.25) is 94.5 Å². The zero-order chi connectivity index (χ0) is 98.3. The van der Waals surface area contributed by atoms with Gasteiger partial charge in [-0.2, -0.15) is 25.3 Å². The van der Waals surface area contributed by atoms with Gasteiger partial charge in [-0.1, -0.05) is 58.4 Å². The number of phenolic OH excluding ortho intramolecular Hbond substituents is 2. The Morgan fingerprint density at radius 1 is 0.492 bits per heavy atom. The average Bonchev–Trinajstić information content (AvgIpc) is 1.53. The smallest absolute Gasteiger partial charge is 0.326 e. The quantitative estimate of drug-likeness (QED) is 0.0127. The maximum absolute atomic E-state index is 14.7. The van der Waals surface area contributed by atoms with Crippen LogP contribution in [0.1, 0.15) is 131 Å². The molecule has 50 heteroatoms. The number of guanidine groups is 1. The van der Waals surface area contributed by atoms with Gasteiger partial charge in [-0.05, 0) is 146 Å². The topological polar surface area (TPSA) is 821 Å². The van der Waals surface area contributed by atoms with E-state index in [4.69, 9.17) is 45.5 Å². The fourth-order valence-electron chi connectivity index (χ4n) is 13.2. The Labute approximate surface area is 762 Å². The molecule has 48 nitrogen and oxygen atoms in total. The van der Waals surface area contributed by atoms with Crippen LogP contribution in [0.5, 0.6) is 11.5 Å². The largest absolute Gasteiger partial charge is 0.508 e. The number of β-amino-alcohol motifs (C(OH)–C–C–N with tert-alkyl or cyclic N) is 1. The third-order valence-corrected chi connectivity index (χ3v) is 21.5. The monoisotopic (exact) mass is 1880 g/mol. The Balaban J connectivity index is 1.89. The summed E-state index contributed by atoms with van der Waals surface area (Å²) >= 11 is 8.78. The van der Waals surface area contributed by atoms with Crippen molar-refractivity contribution in [2.45, 2.75) is 252 Å². The molecule has 2 aromatic carbocycles. The van der Waals surface area contributed by atoms with E-state index in [2.05, 4.69) is 105 Å². The highest BCUT2D eigenvalue weighted by Gasteiger charge is 2.46. The summed E-state index contributed by atoms with van der Waals surface area (Å²) in [5, 5.41) is 117. The zero-order valence-electron chi connectivity index (χ0n) is 73.8. The number of thiol groups is 2. The van der Waals surface area contributed by atoms with Crippen LogP contribution in [0.2, 0.25) is 0 Å². The highest BCUT2D eigenvalue weighted by molar-refractivity contribution is 7.81. The lowest BCUT2D eigenvalue weighted by molar-refractivity contribution is -0.142. The molecule has 20 atom stereocenters. The van der Waals surface area contributed by atoms with Crippen LogP contribution < -0.4 is 120 Å². The molecule has 16 amide bonds. The number of aliphatic hydroxyl groups excluding tert-OH is 4. The van der Waals surface area contributed by atoms with Gasteiger partial charge in [-0.3, -0.25) is 82.1 Å². The van der Waals surface area contributed by atoms with Crippen molar-refractivity contribution < 1.29 is 117 Å². The first-order valence-electron chi connectivity index (χ1n) is 42.3. The summed E-state index contributed by atoms with van der Waals surface area (Å²) in [5.74, 6) is -21.2. The van der Waals surface area contributed by atoms with Crippen molar-refractivity contribution in [2.24, 2.45) is 52.0 Å². The first-order valence-corrected chi connectivity index (χ1v) is 43.3. The highest BCUT2D eigenvalue weighted by Crippen LogP contribution is 2.24. The molecule has 0 saturated carbocycles. The Hall–Kier alpha value is -11.4. The van der Waals surface area contributed by atoms with Crippen LogP contribution in [-0.2, 0) is 94.3 Å². The third-order valence-electron chi connectivity index (χ3n) is 20.9. The van der Waals surface area contributed by atoms with Gasteiger partial charge in [-0.25, -0.2) is 4.79 Å². The molecule has 1 heterocycles. The average molecular weight is 1880 g/mol. The Morgan fingerprint density at radius 2 is 0.862 bits per heavy atom. The van der Waals surface area contributed by atoms with E-state index >= 15 is 0 Å². The molecule has 2 aromatic rings. The van der Waals surface area contributed by atoms with Crippen molar-refractivity contribution in [2.75, 3.05) is 51.6 Å². The number of carbonyl (C=O) groups excluding carboxylic acids is 16. The number of amides is 16. The number of nitrogens with one attached hydrogen (secondary N) is 16. The molecule has 0 bridgehead atoms. The fraction of sp³-hybridized carbons (Fsp3) is 0.625. The number of hydrogen-bond acceptors (Lipinski definition) is 31. The summed E-state index contributed by atoms with van der Waals surface area (Å²) in [5.41, 5.74) is 41.2. The molecule has 1 aliphatic rings. The summed E-state index contributed by atoms with van der Waals surface area (Å²) in [4.78, 5) is 238. The predicted molar refractivity (Wildman–Crippen MR) is 476 cm³/mol. The molecule has 0 spiro atoms. The SMILES string of the molecule is CC[C@H](C)[C@H](NC(=O)[C@@H]1C[C@@H](O)CN1C(=O)[C@@H](N)C(C)C)C(=O)N[C@H](C(=O)N[C@@H](Cc1ccc(O)cc1)C(=O)N[C@H](C(=O)N[C@@H](CC(N)=O)C(=O)N[C@@H](CCCNC(=N)N)C(=O)N[C@@H](CCN)C(=O)N[C@H](C(=O)N[C@H](CCN)C(=O)N[C@@H](CO)C(=O)N[C@@H](CCN)C(=O)N[C@@H](CCCN)C(=O)N[C@@H](CS)C(=O)N[C@@H](Cc1ccc(O)cc1)C(=O)O)[C@@H](C)O)[C@@H](C)O)C(C)(C)S. The van der Waals surface area contributed by atoms with Crippen LogP contribution in [0.4, 0.5) is 0 Å². The van der Waals surface area contributed by atoms with Gasteiger partial charge in [-0.15, -0.1) is 0 Å². The first kappa shape index (κ1) is 113. The molecule has 0 aliphatic carbocycles. The number of hydrogen-bond donors (Lipinski definition) is 32. The van der Waals surface area contributed by atoms with Crippen molar-refractivity contribution in [1.29, 1.82) is 5.41 Å². The zero-order valence-corrected chi connectivity index (χ0v) is 75.6. The lowest BCUT2D eigenvalue weighted by atomic mass is 9.95. The number of aliphatic hydroxyl groups is 4. The molecule has 1 saturated heterocycles. The van der Waals surface area contributed by atoms with Crippen LogP contribution in [0.25, 0.3) is 0 Å². The van der Waals surface area contributed by atoms with E-state index in [1.54, 1.807) is 27.7 Å². The third kappa shape index (κ3) is 37.2. The van der Waals surface area contributed by atoms with Crippen LogP contribution >= 0.6 is 25.3 Å². The lowest BCUT2D eigenvalue weighted by Gasteiger charge is -2.34. The number of phenols is 2.